The molecule has 0 unspecified atom stereocenters. The first-order chi connectivity index (χ1) is 3.39. The standard InChI is InChI=1S/C6H13N.Pt/c7-6-4-2-1-3-5-6;/h6H,1-5,7H2;/q;+2. The number of nitrogens with two attached hydrogens (primary N) is 1. The molecular weight excluding hydrogens is 281 g/mol. The van der Waals surface area contributed by atoms with Crippen molar-refractivity contribution in [3.05, 3.63) is 0 Å². The van der Waals surface area contributed by atoms with Gasteiger partial charge in [0, 0.05) is 6.04 Å². The molecule has 0 bridgehead atoms. The van der Waals surface area contributed by atoms with E-state index in [4.69, 9.17) is 5.73 Å². The van der Waals surface area contributed by atoms with Crippen LogP contribution in [0.2, 0.25) is 0 Å². The van der Waals surface area contributed by atoms with E-state index < -0.39 is 0 Å². The van der Waals surface area contributed by atoms with Gasteiger partial charge in [-0.05, 0) is 12.8 Å². The second kappa shape index (κ2) is 4.52. The molecule has 1 rings (SSSR count). The molecule has 0 heterocycles. The minimum Gasteiger partial charge on any atom is -0.328 e. The van der Waals surface area contributed by atoms with Gasteiger partial charge in [0.05, 0.1) is 0 Å². The van der Waals surface area contributed by atoms with Crippen molar-refractivity contribution in [2.24, 2.45) is 5.73 Å². The molecule has 1 aliphatic carbocycles. The molecule has 1 aliphatic rings. The number of rotatable bonds is 0. The Morgan fingerprint density at radius 1 is 1.00 bits per heavy atom. The van der Waals surface area contributed by atoms with Gasteiger partial charge in [-0.3, -0.25) is 0 Å². The Balaban J connectivity index is 0.000000490. The minimum atomic E-state index is 0. The molecule has 2 N–H and O–H groups in total. The summed E-state index contributed by atoms with van der Waals surface area (Å²) in [6, 6.07) is 0.536. The van der Waals surface area contributed by atoms with Crippen LogP contribution in [0.4, 0.5) is 0 Å². The zero-order valence-electron chi connectivity index (χ0n) is 5.01. The summed E-state index contributed by atoms with van der Waals surface area (Å²) in [7, 11) is 0. The molecule has 0 radical (unpaired) electrons. The van der Waals surface area contributed by atoms with E-state index in [9.17, 15) is 0 Å². The fourth-order valence-corrected chi connectivity index (χ4v) is 1.13. The molecule has 1 saturated carbocycles. The number of hydrogen-bond acceptors (Lipinski definition) is 1. The van der Waals surface area contributed by atoms with Gasteiger partial charge in [0.1, 0.15) is 0 Å². The second-order valence-electron chi connectivity index (χ2n) is 2.40. The third-order valence-corrected chi connectivity index (χ3v) is 1.65. The fraction of sp³-hybridized carbons (Fsp3) is 1.00. The Bertz CT molecular complexity index is 50.5. The largest absolute Gasteiger partial charge is 2.00 e. The monoisotopic (exact) mass is 294 g/mol. The van der Waals surface area contributed by atoms with Crippen LogP contribution < -0.4 is 5.73 Å². The first-order valence-electron chi connectivity index (χ1n) is 3.15. The van der Waals surface area contributed by atoms with Crippen molar-refractivity contribution in [2.45, 2.75) is 38.1 Å². The van der Waals surface area contributed by atoms with Crippen LogP contribution in [0.5, 0.6) is 0 Å². The summed E-state index contributed by atoms with van der Waals surface area (Å²) >= 11 is 0. The van der Waals surface area contributed by atoms with Crippen LogP contribution in [-0.2, 0) is 21.1 Å². The molecule has 0 amide bonds. The van der Waals surface area contributed by atoms with Gasteiger partial charge in [0.15, 0.2) is 0 Å². The summed E-state index contributed by atoms with van der Waals surface area (Å²) in [5.41, 5.74) is 5.63. The summed E-state index contributed by atoms with van der Waals surface area (Å²) in [6.45, 7) is 0. The molecule has 0 saturated heterocycles. The molecule has 0 aromatic rings. The Morgan fingerprint density at radius 2 is 1.50 bits per heavy atom. The summed E-state index contributed by atoms with van der Waals surface area (Å²) in [6.07, 6.45) is 6.66. The normalized spacial score (nSPS) is 22.1. The first-order valence-corrected chi connectivity index (χ1v) is 3.15. The molecule has 0 aliphatic heterocycles. The van der Waals surface area contributed by atoms with E-state index in [0.717, 1.165) is 0 Å². The van der Waals surface area contributed by atoms with Crippen molar-refractivity contribution < 1.29 is 21.1 Å². The van der Waals surface area contributed by atoms with Gasteiger partial charge in [-0.1, -0.05) is 19.3 Å². The van der Waals surface area contributed by atoms with E-state index in [1.54, 1.807) is 0 Å². The maximum absolute atomic E-state index is 5.63. The van der Waals surface area contributed by atoms with E-state index in [0.29, 0.717) is 6.04 Å². The molecule has 1 nitrogen and oxygen atoms in total. The second-order valence-corrected chi connectivity index (χ2v) is 2.40. The van der Waals surface area contributed by atoms with E-state index in [-0.39, 0.29) is 21.1 Å². The minimum absolute atomic E-state index is 0. The smallest absolute Gasteiger partial charge is 0.328 e. The molecule has 0 spiro atoms. The zero-order valence-corrected chi connectivity index (χ0v) is 7.28. The molecular formula is C6H13NPt+2. The van der Waals surface area contributed by atoms with Gasteiger partial charge in [0.2, 0.25) is 0 Å². The van der Waals surface area contributed by atoms with E-state index in [1.165, 1.54) is 32.1 Å². The van der Waals surface area contributed by atoms with Crippen LogP contribution in [0.25, 0.3) is 0 Å². The Morgan fingerprint density at radius 3 is 1.75 bits per heavy atom. The third kappa shape index (κ3) is 2.84. The van der Waals surface area contributed by atoms with Crippen LogP contribution >= 0.6 is 0 Å². The van der Waals surface area contributed by atoms with E-state index in [1.807, 2.05) is 0 Å². The van der Waals surface area contributed by atoms with Crippen LogP contribution in [0.15, 0.2) is 0 Å². The van der Waals surface area contributed by atoms with Crippen LogP contribution in [-0.4, -0.2) is 6.04 Å². The maximum atomic E-state index is 5.63. The molecule has 8 heavy (non-hydrogen) atoms. The van der Waals surface area contributed by atoms with E-state index >= 15 is 0 Å². The van der Waals surface area contributed by atoms with E-state index in [2.05, 4.69) is 0 Å². The van der Waals surface area contributed by atoms with Crippen LogP contribution in [0.3, 0.4) is 0 Å². The average molecular weight is 294 g/mol. The van der Waals surface area contributed by atoms with Crippen molar-refractivity contribution in [3.8, 4) is 0 Å². The van der Waals surface area contributed by atoms with Gasteiger partial charge in [-0.2, -0.15) is 0 Å². The Kier molecular flexibility index (Phi) is 4.89. The summed E-state index contributed by atoms with van der Waals surface area (Å²) in [5.74, 6) is 0. The van der Waals surface area contributed by atoms with Crippen LogP contribution in [0, 0.1) is 0 Å². The van der Waals surface area contributed by atoms with Crippen molar-refractivity contribution in [1.29, 1.82) is 0 Å². The predicted molar refractivity (Wildman–Crippen MR) is 31.1 cm³/mol. The van der Waals surface area contributed by atoms with Gasteiger partial charge < -0.3 is 5.73 Å². The molecule has 50 valence electrons. The van der Waals surface area contributed by atoms with Crippen LogP contribution in [0.1, 0.15) is 32.1 Å². The van der Waals surface area contributed by atoms with Crippen molar-refractivity contribution in [3.63, 3.8) is 0 Å². The quantitative estimate of drug-likeness (QED) is 0.715. The third-order valence-electron chi connectivity index (χ3n) is 1.65. The van der Waals surface area contributed by atoms with Gasteiger partial charge in [0.25, 0.3) is 0 Å². The maximum Gasteiger partial charge on any atom is 2.00 e. The molecule has 0 atom stereocenters. The fourth-order valence-electron chi connectivity index (χ4n) is 1.13. The first kappa shape index (κ1) is 8.65. The molecule has 0 aromatic carbocycles. The number of hydrogen-bond donors (Lipinski definition) is 1. The van der Waals surface area contributed by atoms with Crippen molar-refractivity contribution in [2.75, 3.05) is 0 Å². The van der Waals surface area contributed by atoms with Gasteiger partial charge in [-0.25, -0.2) is 0 Å². The predicted octanol–water partition coefficient (Wildman–Crippen LogP) is 1.28. The zero-order chi connectivity index (χ0) is 5.11. The van der Waals surface area contributed by atoms with Gasteiger partial charge >= 0.3 is 21.1 Å². The Labute approximate surface area is 65.3 Å². The van der Waals surface area contributed by atoms with Crippen molar-refractivity contribution >= 4 is 0 Å². The Hall–Kier alpha value is 0.648. The van der Waals surface area contributed by atoms with Gasteiger partial charge in [-0.15, -0.1) is 0 Å². The molecule has 2 heteroatoms. The summed E-state index contributed by atoms with van der Waals surface area (Å²) in [5, 5.41) is 0. The summed E-state index contributed by atoms with van der Waals surface area (Å²) < 4.78 is 0. The SMILES string of the molecule is NC1CCCCC1.[Pt+2]. The van der Waals surface area contributed by atoms with Crippen molar-refractivity contribution in [1.82, 2.24) is 0 Å². The average Bonchev–Trinajstić information content (AvgIpc) is 1.69. The molecule has 0 aromatic heterocycles. The topological polar surface area (TPSA) is 26.0 Å². The molecule has 1 fully saturated rings. The summed E-state index contributed by atoms with van der Waals surface area (Å²) in [4.78, 5) is 0.